The van der Waals surface area contributed by atoms with Gasteiger partial charge in [0, 0.05) is 35.7 Å². The molecule has 0 fully saturated rings. The molecule has 3 rings (SSSR count). The Balaban J connectivity index is 1.57. The Bertz CT molecular complexity index is 763. The normalized spacial score (nSPS) is 13.3. The van der Waals surface area contributed by atoms with Crippen molar-refractivity contribution in [3.8, 4) is 0 Å². The Kier molecular flexibility index (Phi) is 5.15. The molecule has 0 radical (unpaired) electrons. The number of fused-ring (bicyclic) bond motifs is 1. The van der Waals surface area contributed by atoms with Crippen LogP contribution in [-0.4, -0.2) is 29.1 Å². The van der Waals surface area contributed by atoms with Gasteiger partial charge in [0.25, 0.3) is 0 Å². The molecule has 0 spiro atoms. The maximum absolute atomic E-state index is 12.5. The molecule has 6 heteroatoms. The number of carbonyl (C=O) groups is 2. The Morgan fingerprint density at radius 3 is 2.83 bits per heavy atom. The van der Waals surface area contributed by atoms with E-state index >= 15 is 0 Å². The smallest absolute Gasteiger partial charge is 0.227 e. The van der Waals surface area contributed by atoms with Crippen molar-refractivity contribution < 1.29 is 9.59 Å². The van der Waals surface area contributed by atoms with Crippen LogP contribution in [0.2, 0.25) is 0 Å². The van der Waals surface area contributed by atoms with Crippen molar-refractivity contribution in [2.75, 3.05) is 22.5 Å². The van der Waals surface area contributed by atoms with Gasteiger partial charge in [-0.1, -0.05) is 18.2 Å². The summed E-state index contributed by atoms with van der Waals surface area (Å²) in [5.41, 5.74) is 1.78. The maximum Gasteiger partial charge on any atom is 0.227 e. The summed E-state index contributed by atoms with van der Waals surface area (Å²) >= 11 is 1.76. The molecule has 2 aromatic rings. The van der Waals surface area contributed by atoms with Crippen LogP contribution in [-0.2, 0) is 9.59 Å². The standard InChI is InChI=1S/C18H19N3O2S/c1-13-5-4-8-16(19-13)20-17(22)9-10-18(23)21-11-12-24-15-7-3-2-6-14(15)21/h2-8H,9-12H2,1H3,(H,19,20,22). The van der Waals surface area contributed by atoms with Crippen LogP contribution in [0.15, 0.2) is 47.4 Å². The van der Waals surface area contributed by atoms with Gasteiger partial charge in [0.15, 0.2) is 0 Å². The van der Waals surface area contributed by atoms with Crippen LogP contribution in [0.1, 0.15) is 18.5 Å². The Labute approximate surface area is 145 Å². The maximum atomic E-state index is 12.5. The third-order valence-electron chi connectivity index (χ3n) is 3.75. The van der Waals surface area contributed by atoms with E-state index < -0.39 is 0 Å². The molecule has 0 saturated carbocycles. The predicted octanol–water partition coefficient (Wildman–Crippen LogP) is 3.25. The first-order valence-electron chi connectivity index (χ1n) is 7.89. The number of para-hydroxylation sites is 1. The molecule has 0 saturated heterocycles. The van der Waals surface area contributed by atoms with Crippen LogP contribution >= 0.6 is 11.8 Å². The number of benzene rings is 1. The molecule has 0 aliphatic carbocycles. The van der Waals surface area contributed by atoms with Crippen LogP contribution in [0.3, 0.4) is 0 Å². The lowest BCUT2D eigenvalue weighted by atomic mass is 10.2. The van der Waals surface area contributed by atoms with Gasteiger partial charge in [-0.2, -0.15) is 0 Å². The predicted molar refractivity (Wildman–Crippen MR) is 96.4 cm³/mol. The summed E-state index contributed by atoms with van der Waals surface area (Å²) in [7, 11) is 0. The van der Waals surface area contributed by atoms with Crippen molar-refractivity contribution in [1.29, 1.82) is 0 Å². The van der Waals surface area contributed by atoms with E-state index in [0.29, 0.717) is 12.4 Å². The summed E-state index contributed by atoms with van der Waals surface area (Å²) < 4.78 is 0. The number of pyridine rings is 1. The minimum atomic E-state index is -0.193. The first-order valence-corrected chi connectivity index (χ1v) is 8.88. The number of nitrogens with one attached hydrogen (secondary N) is 1. The number of anilines is 2. The highest BCUT2D eigenvalue weighted by atomic mass is 32.2. The van der Waals surface area contributed by atoms with E-state index in [2.05, 4.69) is 10.3 Å². The largest absolute Gasteiger partial charge is 0.311 e. The van der Waals surface area contributed by atoms with Gasteiger partial charge in [0.1, 0.15) is 5.82 Å². The molecule has 1 N–H and O–H groups in total. The van der Waals surface area contributed by atoms with E-state index in [4.69, 9.17) is 0 Å². The number of aromatic nitrogens is 1. The van der Waals surface area contributed by atoms with Gasteiger partial charge in [0.05, 0.1) is 5.69 Å². The fraction of sp³-hybridized carbons (Fsp3) is 0.278. The monoisotopic (exact) mass is 341 g/mol. The number of thioether (sulfide) groups is 1. The van der Waals surface area contributed by atoms with Gasteiger partial charge in [-0.15, -0.1) is 11.8 Å². The first kappa shape index (κ1) is 16.5. The Morgan fingerprint density at radius 2 is 2.00 bits per heavy atom. The van der Waals surface area contributed by atoms with E-state index in [1.54, 1.807) is 22.7 Å². The zero-order valence-corrected chi connectivity index (χ0v) is 14.3. The van der Waals surface area contributed by atoms with Crippen molar-refractivity contribution >= 4 is 35.1 Å². The lowest BCUT2D eigenvalue weighted by molar-refractivity contribution is -0.122. The molecule has 1 aliphatic rings. The highest BCUT2D eigenvalue weighted by molar-refractivity contribution is 7.99. The lowest BCUT2D eigenvalue weighted by Crippen LogP contribution is -2.35. The molecule has 0 atom stereocenters. The van der Waals surface area contributed by atoms with Crippen LogP contribution in [0.25, 0.3) is 0 Å². The van der Waals surface area contributed by atoms with Gasteiger partial charge in [-0.25, -0.2) is 4.98 Å². The summed E-state index contributed by atoms with van der Waals surface area (Å²) in [6.45, 7) is 2.55. The quantitative estimate of drug-likeness (QED) is 0.927. The molecular weight excluding hydrogens is 322 g/mol. The number of carbonyl (C=O) groups excluding carboxylic acids is 2. The van der Waals surface area contributed by atoms with E-state index in [1.807, 2.05) is 43.3 Å². The summed E-state index contributed by atoms with van der Waals surface area (Å²) in [5.74, 6) is 1.19. The van der Waals surface area contributed by atoms with Crippen molar-refractivity contribution in [2.45, 2.75) is 24.7 Å². The number of aryl methyl sites for hydroxylation is 1. The van der Waals surface area contributed by atoms with Crippen molar-refractivity contribution in [3.63, 3.8) is 0 Å². The SMILES string of the molecule is Cc1cccc(NC(=O)CCC(=O)N2CCSc3ccccc32)n1. The van der Waals surface area contributed by atoms with E-state index in [1.165, 1.54) is 0 Å². The van der Waals surface area contributed by atoms with Crippen molar-refractivity contribution in [3.05, 3.63) is 48.2 Å². The second-order valence-electron chi connectivity index (χ2n) is 5.57. The third-order valence-corrected chi connectivity index (χ3v) is 4.79. The number of hydrogen-bond donors (Lipinski definition) is 1. The molecular formula is C18H19N3O2S. The molecule has 0 bridgehead atoms. The average molecular weight is 341 g/mol. The van der Waals surface area contributed by atoms with Gasteiger partial charge < -0.3 is 10.2 Å². The van der Waals surface area contributed by atoms with Gasteiger partial charge in [-0.05, 0) is 31.2 Å². The molecule has 1 aromatic heterocycles. The molecule has 5 nitrogen and oxygen atoms in total. The Hall–Kier alpha value is -2.34. The average Bonchev–Trinajstić information content (AvgIpc) is 2.59. The number of nitrogens with zero attached hydrogens (tertiary/aromatic N) is 2. The number of hydrogen-bond acceptors (Lipinski definition) is 4. The number of rotatable bonds is 4. The zero-order chi connectivity index (χ0) is 16.9. The summed E-state index contributed by atoms with van der Waals surface area (Å²) in [4.78, 5) is 31.7. The molecule has 1 aromatic carbocycles. The van der Waals surface area contributed by atoms with E-state index in [-0.39, 0.29) is 24.7 Å². The van der Waals surface area contributed by atoms with Crippen LogP contribution < -0.4 is 10.2 Å². The third kappa shape index (κ3) is 3.94. The Morgan fingerprint density at radius 1 is 1.17 bits per heavy atom. The van der Waals surface area contributed by atoms with Gasteiger partial charge in [-0.3, -0.25) is 9.59 Å². The minimum Gasteiger partial charge on any atom is -0.311 e. The highest BCUT2D eigenvalue weighted by Gasteiger charge is 2.22. The molecule has 24 heavy (non-hydrogen) atoms. The van der Waals surface area contributed by atoms with Gasteiger partial charge in [0.2, 0.25) is 11.8 Å². The summed E-state index contributed by atoms with van der Waals surface area (Å²) in [6, 6.07) is 13.3. The van der Waals surface area contributed by atoms with Crippen LogP contribution in [0.4, 0.5) is 11.5 Å². The number of amides is 2. The molecule has 1 aliphatic heterocycles. The second kappa shape index (κ2) is 7.49. The zero-order valence-electron chi connectivity index (χ0n) is 13.5. The summed E-state index contributed by atoms with van der Waals surface area (Å²) in [5, 5.41) is 2.74. The van der Waals surface area contributed by atoms with Crippen molar-refractivity contribution in [2.24, 2.45) is 0 Å². The molecule has 0 unspecified atom stereocenters. The second-order valence-corrected chi connectivity index (χ2v) is 6.71. The molecule has 2 heterocycles. The fourth-order valence-corrected chi connectivity index (χ4v) is 3.60. The van der Waals surface area contributed by atoms with Gasteiger partial charge >= 0.3 is 0 Å². The molecule has 124 valence electrons. The minimum absolute atomic E-state index is 0.0184. The summed E-state index contributed by atoms with van der Waals surface area (Å²) in [6.07, 6.45) is 0.344. The topological polar surface area (TPSA) is 62.3 Å². The fourth-order valence-electron chi connectivity index (χ4n) is 2.60. The van der Waals surface area contributed by atoms with E-state index in [9.17, 15) is 9.59 Å². The first-order chi connectivity index (χ1) is 11.6. The highest BCUT2D eigenvalue weighted by Crippen LogP contribution is 2.34. The lowest BCUT2D eigenvalue weighted by Gasteiger charge is -2.29. The van der Waals surface area contributed by atoms with Crippen LogP contribution in [0, 0.1) is 6.92 Å². The van der Waals surface area contributed by atoms with Crippen molar-refractivity contribution in [1.82, 2.24) is 4.98 Å². The van der Waals surface area contributed by atoms with Crippen LogP contribution in [0.5, 0.6) is 0 Å². The van der Waals surface area contributed by atoms with E-state index in [0.717, 1.165) is 22.0 Å². The molecule has 2 amide bonds.